The van der Waals surface area contributed by atoms with E-state index in [2.05, 4.69) is 4.98 Å². The lowest BCUT2D eigenvalue weighted by Gasteiger charge is -2.32. The van der Waals surface area contributed by atoms with Crippen molar-refractivity contribution >= 4 is 17.5 Å². The van der Waals surface area contributed by atoms with E-state index < -0.39 is 12.0 Å². The quantitative estimate of drug-likeness (QED) is 0.912. The number of hydrogen-bond acceptors (Lipinski definition) is 3. The summed E-state index contributed by atoms with van der Waals surface area (Å²) >= 11 is 0. The van der Waals surface area contributed by atoms with Crippen LogP contribution in [0.2, 0.25) is 0 Å². The molecule has 1 saturated heterocycles. The average Bonchev–Trinajstić information content (AvgIpc) is 2.89. The summed E-state index contributed by atoms with van der Waals surface area (Å²) in [5.74, 6) is -1.24. The number of carbonyl (C=O) groups excluding carboxylic acids is 1. The van der Waals surface area contributed by atoms with Crippen LogP contribution in [0.15, 0.2) is 24.5 Å². The summed E-state index contributed by atoms with van der Waals surface area (Å²) in [6.07, 6.45) is 5.69. The van der Waals surface area contributed by atoms with Crippen LogP contribution in [0, 0.1) is 6.92 Å². The van der Waals surface area contributed by atoms with Crippen LogP contribution in [0.25, 0.3) is 5.65 Å². The van der Waals surface area contributed by atoms with E-state index in [1.165, 1.54) is 4.90 Å². The minimum absolute atomic E-state index is 0.300. The zero-order chi connectivity index (χ0) is 15.0. The molecule has 6 heteroatoms. The number of fused-ring (bicyclic) bond motifs is 1. The monoisotopic (exact) mass is 287 g/mol. The fourth-order valence-electron chi connectivity index (χ4n) is 2.77. The van der Waals surface area contributed by atoms with Crippen LogP contribution in [0.5, 0.6) is 0 Å². The number of carboxylic acid groups (broad SMARTS) is 1. The molecule has 1 aliphatic rings. The Hall–Kier alpha value is -2.37. The lowest BCUT2D eigenvalue weighted by atomic mass is 10.0. The third-order valence-corrected chi connectivity index (χ3v) is 3.88. The maximum Gasteiger partial charge on any atom is 0.326 e. The molecule has 21 heavy (non-hydrogen) atoms. The van der Waals surface area contributed by atoms with Crippen molar-refractivity contribution in [3.05, 3.63) is 35.8 Å². The molecule has 3 rings (SSSR count). The Balaban J connectivity index is 1.93. The molecule has 6 nitrogen and oxygen atoms in total. The molecule has 2 aromatic heterocycles. The van der Waals surface area contributed by atoms with E-state index in [1.54, 1.807) is 10.6 Å². The van der Waals surface area contributed by atoms with Gasteiger partial charge in [0.1, 0.15) is 17.4 Å². The van der Waals surface area contributed by atoms with Gasteiger partial charge in [-0.05, 0) is 43.9 Å². The lowest BCUT2D eigenvalue weighted by molar-refractivity contribution is -0.143. The van der Waals surface area contributed by atoms with Crippen molar-refractivity contribution in [2.75, 3.05) is 6.54 Å². The first-order valence-corrected chi connectivity index (χ1v) is 7.05. The van der Waals surface area contributed by atoms with Gasteiger partial charge in [-0.3, -0.25) is 4.79 Å². The lowest BCUT2D eigenvalue weighted by Crippen LogP contribution is -2.48. The predicted molar refractivity (Wildman–Crippen MR) is 76.2 cm³/mol. The first-order chi connectivity index (χ1) is 10.1. The second-order valence-electron chi connectivity index (χ2n) is 5.44. The minimum atomic E-state index is -0.942. The highest BCUT2D eigenvalue weighted by atomic mass is 16.4. The molecule has 110 valence electrons. The number of rotatable bonds is 2. The molecule has 0 aliphatic carbocycles. The smallest absolute Gasteiger partial charge is 0.326 e. The van der Waals surface area contributed by atoms with Gasteiger partial charge < -0.3 is 14.4 Å². The average molecular weight is 287 g/mol. The van der Waals surface area contributed by atoms with Gasteiger partial charge in [-0.25, -0.2) is 9.78 Å². The van der Waals surface area contributed by atoms with E-state index in [4.69, 9.17) is 0 Å². The highest BCUT2D eigenvalue weighted by Crippen LogP contribution is 2.20. The van der Waals surface area contributed by atoms with Crippen molar-refractivity contribution in [1.29, 1.82) is 0 Å². The highest BCUT2D eigenvalue weighted by molar-refractivity contribution is 5.95. The van der Waals surface area contributed by atoms with E-state index in [-0.39, 0.29) is 5.91 Å². The van der Waals surface area contributed by atoms with Crippen LogP contribution in [0.4, 0.5) is 0 Å². The fourth-order valence-corrected chi connectivity index (χ4v) is 2.77. The Labute approximate surface area is 122 Å². The minimum Gasteiger partial charge on any atom is -0.480 e. The summed E-state index contributed by atoms with van der Waals surface area (Å²) in [7, 11) is 0. The molecule has 1 atom stereocenters. The van der Waals surface area contributed by atoms with Crippen LogP contribution < -0.4 is 0 Å². The maximum atomic E-state index is 12.6. The standard InChI is InChI=1S/C15H17N3O3/c1-10-5-7-17-9-11(16-13(17)8-10)14(19)18-6-3-2-4-12(18)15(20)21/h5,7-9,12H,2-4,6H2,1H3,(H,20,21). The zero-order valence-corrected chi connectivity index (χ0v) is 11.8. The van der Waals surface area contributed by atoms with Gasteiger partial charge in [0, 0.05) is 18.9 Å². The predicted octanol–water partition coefficient (Wildman–Crippen LogP) is 1.72. The van der Waals surface area contributed by atoms with Crippen molar-refractivity contribution in [1.82, 2.24) is 14.3 Å². The maximum absolute atomic E-state index is 12.6. The zero-order valence-electron chi connectivity index (χ0n) is 11.8. The summed E-state index contributed by atoms with van der Waals surface area (Å²) < 4.78 is 1.78. The van der Waals surface area contributed by atoms with E-state index in [1.807, 2.05) is 25.3 Å². The topological polar surface area (TPSA) is 74.9 Å². The molecule has 0 spiro atoms. The summed E-state index contributed by atoms with van der Waals surface area (Å²) in [5, 5.41) is 9.26. The molecule has 0 saturated carbocycles. The molecule has 1 unspecified atom stereocenters. The summed E-state index contributed by atoms with van der Waals surface area (Å²) in [4.78, 5) is 29.6. The van der Waals surface area contributed by atoms with Crippen LogP contribution >= 0.6 is 0 Å². The summed E-state index contributed by atoms with van der Waals surface area (Å²) in [6, 6.07) is 3.09. The van der Waals surface area contributed by atoms with Crippen LogP contribution in [-0.2, 0) is 4.79 Å². The van der Waals surface area contributed by atoms with Crippen LogP contribution in [0.1, 0.15) is 35.3 Å². The normalized spacial score (nSPS) is 18.9. The Bertz CT molecular complexity index is 707. The summed E-state index contributed by atoms with van der Waals surface area (Å²) in [5.41, 5.74) is 2.06. The molecular weight excluding hydrogens is 270 g/mol. The summed E-state index contributed by atoms with van der Waals surface area (Å²) in [6.45, 7) is 2.43. The molecule has 1 N–H and O–H groups in total. The van der Waals surface area contributed by atoms with Crippen LogP contribution in [-0.4, -0.2) is 43.9 Å². The van der Waals surface area contributed by atoms with Crippen LogP contribution in [0.3, 0.4) is 0 Å². The van der Waals surface area contributed by atoms with Crippen molar-refractivity contribution in [3.8, 4) is 0 Å². The number of likely N-dealkylation sites (tertiary alicyclic amines) is 1. The van der Waals surface area contributed by atoms with E-state index in [0.717, 1.165) is 18.4 Å². The molecule has 2 aromatic rings. The van der Waals surface area contributed by atoms with Gasteiger partial charge in [0.2, 0.25) is 0 Å². The number of aromatic nitrogens is 2. The van der Waals surface area contributed by atoms with Crippen molar-refractivity contribution < 1.29 is 14.7 Å². The van der Waals surface area contributed by atoms with E-state index >= 15 is 0 Å². The Morgan fingerprint density at radius 3 is 2.95 bits per heavy atom. The van der Waals surface area contributed by atoms with Crippen molar-refractivity contribution in [2.24, 2.45) is 0 Å². The number of imidazole rings is 1. The molecular formula is C15H17N3O3. The number of hydrogen-bond donors (Lipinski definition) is 1. The Morgan fingerprint density at radius 2 is 2.19 bits per heavy atom. The highest BCUT2D eigenvalue weighted by Gasteiger charge is 2.33. The van der Waals surface area contributed by atoms with Gasteiger partial charge >= 0.3 is 5.97 Å². The Kier molecular flexibility index (Phi) is 3.37. The Morgan fingerprint density at radius 1 is 1.38 bits per heavy atom. The SMILES string of the molecule is Cc1ccn2cc(C(=O)N3CCCCC3C(=O)O)nc2c1. The van der Waals surface area contributed by atoms with Gasteiger partial charge in [0.25, 0.3) is 5.91 Å². The third-order valence-electron chi connectivity index (χ3n) is 3.88. The first kappa shape index (κ1) is 13.6. The first-order valence-electron chi connectivity index (χ1n) is 7.05. The molecule has 0 radical (unpaired) electrons. The van der Waals surface area contributed by atoms with Gasteiger partial charge in [-0.1, -0.05) is 0 Å². The number of aryl methyl sites for hydroxylation is 1. The third kappa shape index (κ3) is 2.49. The van der Waals surface area contributed by atoms with Gasteiger partial charge in [-0.15, -0.1) is 0 Å². The number of aliphatic carboxylic acids is 1. The van der Waals surface area contributed by atoms with Crippen molar-refractivity contribution in [2.45, 2.75) is 32.2 Å². The van der Waals surface area contributed by atoms with Gasteiger partial charge in [0.05, 0.1) is 0 Å². The second kappa shape index (κ2) is 5.20. The molecule has 1 aliphatic heterocycles. The number of piperidine rings is 1. The molecule has 1 fully saturated rings. The number of amides is 1. The molecule has 0 bridgehead atoms. The number of nitrogens with zero attached hydrogens (tertiary/aromatic N) is 3. The number of carbonyl (C=O) groups is 2. The molecule has 0 aromatic carbocycles. The molecule has 1 amide bonds. The van der Waals surface area contributed by atoms with Gasteiger partial charge in [-0.2, -0.15) is 0 Å². The molecule has 3 heterocycles. The van der Waals surface area contributed by atoms with E-state index in [0.29, 0.717) is 24.3 Å². The van der Waals surface area contributed by atoms with Gasteiger partial charge in [0.15, 0.2) is 0 Å². The fraction of sp³-hybridized carbons (Fsp3) is 0.400. The van der Waals surface area contributed by atoms with Crippen molar-refractivity contribution in [3.63, 3.8) is 0 Å². The van der Waals surface area contributed by atoms with E-state index in [9.17, 15) is 14.7 Å². The number of pyridine rings is 1. The second-order valence-corrected chi connectivity index (χ2v) is 5.44. The largest absolute Gasteiger partial charge is 0.480 e. The number of carboxylic acids is 1.